The van der Waals surface area contributed by atoms with Crippen LogP contribution in [0.15, 0.2) is 71.7 Å². The molecule has 2 aromatic heterocycles. The number of carbonyl (C=O) groups is 2. The van der Waals surface area contributed by atoms with Gasteiger partial charge >= 0.3 is 5.97 Å². The van der Waals surface area contributed by atoms with Crippen molar-refractivity contribution in [1.82, 2.24) is 14.2 Å². The Balaban J connectivity index is 1.65. The summed E-state index contributed by atoms with van der Waals surface area (Å²) in [6, 6.07) is 16.1. The molecule has 0 unspecified atom stereocenters. The predicted molar refractivity (Wildman–Crippen MR) is 136 cm³/mol. The number of aryl methyl sites for hydroxylation is 3. The zero-order valence-corrected chi connectivity index (χ0v) is 19.7. The lowest BCUT2D eigenvalue weighted by Gasteiger charge is -2.23. The molecule has 8 nitrogen and oxygen atoms in total. The van der Waals surface area contributed by atoms with Gasteiger partial charge in [-0.2, -0.15) is 4.68 Å². The molecule has 36 heavy (non-hydrogen) atoms. The molecule has 0 saturated heterocycles. The number of rotatable bonds is 3. The molecule has 0 radical (unpaired) electrons. The first-order valence-electron chi connectivity index (χ1n) is 11.6. The number of benzene rings is 2. The molecule has 0 fully saturated rings. The fraction of sp³-hybridized carbons (Fsp3) is 0.143. The Morgan fingerprint density at radius 1 is 1.03 bits per heavy atom. The summed E-state index contributed by atoms with van der Waals surface area (Å²) >= 11 is 0. The first-order valence-corrected chi connectivity index (χ1v) is 11.6. The minimum atomic E-state index is -1.10. The van der Waals surface area contributed by atoms with E-state index in [1.54, 1.807) is 13.1 Å². The highest BCUT2D eigenvalue weighted by Gasteiger charge is 2.34. The lowest BCUT2D eigenvalue weighted by Crippen LogP contribution is -2.44. The van der Waals surface area contributed by atoms with Crippen molar-refractivity contribution in [3.63, 3.8) is 0 Å². The Labute approximate surface area is 206 Å². The van der Waals surface area contributed by atoms with Crippen molar-refractivity contribution >= 4 is 34.0 Å². The van der Waals surface area contributed by atoms with E-state index in [1.165, 1.54) is 27.9 Å². The molecule has 2 aliphatic rings. The van der Waals surface area contributed by atoms with Crippen molar-refractivity contribution in [2.24, 2.45) is 0 Å². The van der Waals surface area contributed by atoms with Crippen LogP contribution in [0.25, 0.3) is 22.2 Å². The van der Waals surface area contributed by atoms with Crippen molar-refractivity contribution in [1.29, 1.82) is 0 Å². The van der Waals surface area contributed by atoms with Gasteiger partial charge < -0.3 is 9.67 Å². The number of hydrogen-bond donors (Lipinski definition) is 1. The number of carboxylic acid groups (broad SMARTS) is 1. The monoisotopic (exact) mass is 478 g/mol. The molecule has 178 valence electrons. The van der Waals surface area contributed by atoms with Crippen molar-refractivity contribution in [3.8, 4) is 0 Å². The molecule has 1 N–H and O–H groups in total. The molecule has 1 aliphatic carbocycles. The van der Waals surface area contributed by atoms with E-state index in [2.05, 4.69) is 15.6 Å². The van der Waals surface area contributed by atoms with Crippen LogP contribution >= 0.6 is 0 Å². The number of amides is 1. The minimum absolute atomic E-state index is 0.0402. The summed E-state index contributed by atoms with van der Waals surface area (Å²) in [5.74, 6) is -1.15. The van der Waals surface area contributed by atoms with E-state index in [-0.39, 0.29) is 28.2 Å². The van der Waals surface area contributed by atoms with E-state index < -0.39 is 11.5 Å². The normalized spacial score (nSPS) is 14.8. The van der Waals surface area contributed by atoms with Crippen LogP contribution in [0.1, 0.15) is 45.1 Å². The number of fused-ring (bicyclic) bond motifs is 1. The van der Waals surface area contributed by atoms with Gasteiger partial charge in [-0.25, -0.2) is 14.8 Å². The van der Waals surface area contributed by atoms with Gasteiger partial charge in [-0.05, 0) is 56.5 Å². The molecule has 2 aromatic carbocycles. The van der Waals surface area contributed by atoms with Crippen LogP contribution in [0.3, 0.4) is 0 Å². The van der Waals surface area contributed by atoms with Crippen LogP contribution in [-0.4, -0.2) is 31.2 Å². The van der Waals surface area contributed by atoms with E-state index in [9.17, 15) is 19.5 Å². The fourth-order valence-corrected chi connectivity index (χ4v) is 5.15. The summed E-state index contributed by atoms with van der Waals surface area (Å²) in [6.07, 6.45) is 5.19. The number of nitrogens with zero attached hydrogens (tertiary/aromatic N) is 4. The van der Waals surface area contributed by atoms with Gasteiger partial charge in [-0.3, -0.25) is 9.59 Å². The highest BCUT2D eigenvalue weighted by molar-refractivity contribution is 6.26. The second-order valence-electron chi connectivity index (χ2n) is 8.99. The molecule has 4 aromatic rings. The Morgan fingerprint density at radius 2 is 1.81 bits per heavy atom. The molecule has 1 amide bonds. The molecule has 1 aliphatic heterocycles. The molecular weight excluding hydrogens is 456 g/mol. The third kappa shape index (κ3) is 3.15. The van der Waals surface area contributed by atoms with Crippen LogP contribution < -0.4 is 10.6 Å². The van der Waals surface area contributed by atoms with Crippen LogP contribution in [0.5, 0.6) is 0 Å². The van der Waals surface area contributed by atoms with E-state index in [4.69, 9.17) is 0 Å². The van der Waals surface area contributed by atoms with Gasteiger partial charge in [0.05, 0.1) is 39.6 Å². The number of aromatic carboxylic acids is 1. The van der Waals surface area contributed by atoms with Crippen molar-refractivity contribution < 1.29 is 14.7 Å². The SMILES string of the molecule is Cc1cc2c3n1C(c1ccccc1)=CN(n1c(C)nc4cc(C(=O)O)ccc4c1=O)C(=O)C3=CCC2. The Hall–Kier alpha value is -4.72. The molecule has 0 bridgehead atoms. The summed E-state index contributed by atoms with van der Waals surface area (Å²) in [7, 11) is 0. The number of carboxylic acids is 1. The number of allylic oxidation sites excluding steroid dienone is 1. The molecule has 0 saturated carbocycles. The third-order valence-electron chi connectivity index (χ3n) is 6.75. The first kappa shape index (κ1) is 21.8. The van der Waals surface area contributed by atoms with Gasteiger partial charge in [0.1, 0.15) is 5.82 Å². The van der Waals surface area contributed by atoms with E-state index in [0.29, 0.717) is 5.57 Å². The number of carbonyl (C=O) groups excluding carboxylic acids is 1. The van der Waals surface area contributed by atoms with Crippen LogP contribution in [0.2, 0.25) is 0 Å². The van der Waals surface area contributed by atoms with Crippen molar-refractivity contribution in [2.45, 2.75) is 26.7 Å². The van der Waals surface area contributed by atoms with Gasteiger partial charge in [0.15, 0.2) is 0 Å². The predicted octanol–water partition coefficient (Wildman–Crippen LogP) is 3.87. The molecule has 0 atom stereocenters. The second-order valence-corrected chi connectivity index (χ2v) is 8.99. The topological polar surface area (TPSA) is 97.4 Å². The van der Waals surface area contributed by atoms with Crippen LogP contribution in [-0.2, 0) is 11.2 Å². The molecular formula is C28H22N4O4. The van der Waals surface area contributed by atoms with Gasteiger partial charge in [-0.1, -0.05) is 36.4 Å². The van der Waals surface area contributed by atoms with E-state index in [0.717, 1.165) is 41.1 Å². The van der Waals surface area contributed by atoms with Crippen LogP contribution in [0.4, 0.5) is 0 Å². The highest BCUT2D eigenvalue weighted by Crippen LogP contribution is 2.37. The van der Waals surface area contributed by atoms with E-state index in [1.807, 2.05) is 43.3 Å². The van der Waals surface area contributed by atoms with E-state index >= 15 is 0 Å². The summed E-state index contributed by atoms with van der Waals surface area (Å²) in [5.41, 5.74) is 5.01. The summed E-state index contributed by atoms with van der Waals surface area (Å²) in [4.78, 5) is 43.7. The summed E-state index contributed by atoms with van der Waals surface area (Å²) in [5, 5.41) is 10.9. The first-order chi connectivity index (χ1) is 17.3. The smallest absolute Gasteiger partial charge is 0.335 e. The summed E-state index contributed by atoms with van der Waals surface area (Å²) < 4.78 is 3.35. The Kier molecular flexibility index (Phi) is 4.79. The molecule has 8 heteroatoms. The zero-order valence-electron chi connectivity index (χ0n) is 19.7. The van der Waals surface area contributed by atoms with Gasteiger partial charge in [0, 0.05) is 11.3 Å². The van der Waals surface area contributed by atoms with Gasteiger partial charge in [-0.15, -0.1) is 0 Å². The molecule has 3 heterocycles. The quantitative estimate of drug-likeness (QED) is 0.482. The Morgan fingerprint density at radius 3 is 2.56 bits per heavy atom. The fourth-order valence-electron chi connectivity index (χ4n) is 5.15. The lowest BCUT2D eigenvalue weighted by molar-refractivity contribution is -0.114. The van der Waals surface area contributed by atoms with Crippen LogP contribution in [0, 0.1) is 13.8 Å². The Bertz CT molecular complexity index is 1720. The third-order valence-corrected chi connectivity index (χ3v) is 6.75. The largest absolute Gasteiger partial charge is 0.478 e. The lowest BCUT2D eigenvalue weighted by atomic mass is 9.96. The molecule has 0 spiro atoms. The van der Waals surface area contributed by atoms with Crippen molar-refractivity contribution in [2.75, 3.05) is 5.01 Å². The van der Waals surface area contributed by atoms with Gasteiger partial charge in [0.2, 0.25) is 0 Å². The maximum absolute atomic E-state index is 14.0. The van der Waals surface area contributed by atoms with Gasteiger partial charge in [0.25, 0.3) is 11.5 Å². The maximum atomic E-state index is 14.0. The summed E-state index contributed by atoms with van der Waals surface area (Å²) in [6.45, 7) is 3.65. The number of hydrogen-bond acceptors (Lipinski definition) is 4. The minimum Gasteiger partial charge on any atom is -0.478 e. The maximum Gasteiger partial charge on any atom is 0.335 e. The second kappa shape index (κ2) is 7.91. The average molecular weight is 479 g/mol. The average Bonchev–Trinajstić information content (AvgIpc) is 3.14. The highest BCUT2D eigenvalue weighted by atomic mass is 16.4. The number of aromatic nitrogens is 3. The molecule has 6 rings (SSSR count). The van der Waals surface area contributed by atoms with Crippen molar-refractivity contribution in [3.05, 3.63) is 111 Å². The standard InChI is InChI=1S/C28H22N4O4/c1-16-13-19-9-6-10-22-25(19)31(16)24(18-7-4-3-5-8-18)15-30(26(22)33)32-17(2)29-23-14-20(28(35)36)11-12-21(23)27(32)34/h3-5,7-8,10-15H,6,9H2,1-2H3,(H,35,36). The zero-order chi connectivity index (χ0) is 25.1.